The number of nitrogens with zero attached hydrogens (tertiary/aromatic N) is 3. The highest BCUT2D eigenvalue weighted by Crippen LogP contribution is 2.23. The van der Waals surface area contributed by atoms with E-state index in [0.717, 1.165) is 4.68 Å². The van der Waals surface area contributed by atoms with Crippen molar-refractivity contribution in [1.29, 1.82) is 0 Å². The van der Waals surface area contributed by atoms with Gasteiger partial charge in [-0.25, -0.2) is 4.79 Å². The van der Waals surface area contributed by atoms with Crippen molar-refractivity contribution in [3.8, 4) is 11.5 Å². The monoisotopic (exact) mass is 305 g/mol. The lowest BCUT2D eigenvalue weighted by Crippen LogP contribution is -2.27. The summed E-state index contributed by atoms with van der Waals surface area (Å²) >= 11 is 0. The average Bonchev–Trinajstić information content (AvgIpc) is 2.86. The van der Waals surface area contributed by atoms with Crippen LogP contribution in [0.3, 0.4) is 0 Å². The molecular weight excluding hydrogens is 290 g/mol. The third-order valence-corrected chi connectivity index (χ3v) is 2.42. The molecule has 8 heteroatoms. The molecule has 0 saturated carbocycles. The van der Waals surface area contributed by atoms with Crippen molar-refractivity contribution in [3.05, 3.63) is 46.8 Å². The highest BCUT2D eigenvalue weighted by molar-refractivity contribution is 5.70. The first kappa shape index (κ1) is 15.5. The molecule has 8 nitrogen and oxygen atoms in total. The molecule has 0 unspecified atom stereocenters. The lowest BCUT2D eigenvalue weighted by Gasteiger charge is -2.18. The van der Waals surface area contributed by atoms with Gasteiger partial charge in [0, 0.05) is 12.1 Å². The van der Waals surface area contributed by atoms with Gasteiger partial charge in [0.05, 0.1) is 17.3 Å². The van der Waals surface area contributed by atoms with Gasteiger partial charge in [0.25, 0.3) is 5.69 Å². The second-order valence-corrected chi connectivity index (χ2v) is 5.45. The molecular formula is C14H15N3O5. The number of rotatable bonds is 3. The van der Waals surface area contributed by atoms with Gasteiger partial charge in [-0.2, -0.15) is 9.78 Å². The first-order valence-corrected chi connectivity index (χ1v) is 6.45. The second kappa shape index (κ2) is 5.84. The lowest BCUT2D eigenvalue weighted by molar-refractivity contribution is -0.384. The van der Waals surface area contributed by atoms with Crippen molar-refractivity contribution in [1.82, 2.24) is 9.78 Å². The van der Waals surface area contributed by atoms with Crippen LogP contribution >= 0.6 is 0 Å². The normalized spacial score (nSPS) is 11.0. The predicted octanol–water partition coefficient (Wildman–Crippen LogP) is 3.37. The maximum absolute atomic E-state index is 11.8. The first-order valence-electron chi connectivity index (χ1n) is 6.45. The van der Waals surface area contributed by atoms with Gasteiger partial charge in [0.15, 0.2) is 5.75 Å². The molecule has 0 aliphatic heterocycles. The van der Waals surface area contributed by atoms with E-state index in [1.807, 2.05) is 0 Å². The van der Waals surface area contributed by atoms with E-state index in [-0.39, 0.29) is 5.69 Å². The maximum Gasteiger partial charge on any atom is 0.435 e. The SMILES string of the molecule is CC(C)(C)OC(=O)n1cc(Oc2ccc([N+](=O)[O-])cc2)cn1. The molecule has 0 bridgehead atoms. The Morgan fingerprint density at radius 3 is 2.41 bits per heavy atom. The number of aromatic nitrogens is 2. The maximum atomic E-state index is 11.8. The molecule has 0 aliphatic carbocycles. The average molecular weight is 305 g/mol. The van der Waals surface area contributed by atoms with Crippen LogP contribution in [0, 0.1) is 10.1 Å². The minimum atomic E-state index is -0.623. The summed E-state index contributed by atoms with van der Waals surface area (Å²) in [4.78, 5) is 21.9. The van der Waals surface area contributed by atoms with E-state index < -0.39 is 16.6 Å². The fraction of sp³-hybridized carbons (Fsp3) is 0.286. The van der Waals surface area contributed by atoms with Gasteiger partial charge in [-0.3, -0.25) is 10.1 Å². The van der Waals surface area contributed by atoms with E-state index in [1.165, 1.54) is 36.7 Å². The Morgan fingerprint density at radius 1 is 1.23 bits per heavy atom. The summed E-state index contributed by atoms with van der Waals surface area (Å²) in [5, 5.41) is 14.4. The number of non-ortho nitro benzene ring substituents is 1. The summed E-state index contributed by atoms with van der Waals surface area (Å²) in [7, 11) is 0. The van der Waals surface area contributed by atoms with Crippen molar-refractivity contribution in [2.24, 2.45) is 0 Å². The molecule has 116 valence electrons. The van der Waals surface area contributed by atoms with Gasteiger partial charge in [-0.05, 0) is 32.9 Å². The Bertz CT molecular complexity index is 685. The topological polar surface area (TPSA) is 96.5 Å². The van der Waals surface area contributed by atoms with Crippen LogP contribution in [0.4, 0.5) is 10.5 Å². The van der Waals surface area contributed by atoms with Crippen LogP contribution in [0.15, 0.2) is 36.7 Å². The van der Waals surface area contributed by atoms with E-state index in [1.54, 1.807) is 20.8 Å². The molecule has 0 radical (unpaired) electrons. The van der Waals surface area contributed by atoms with E-state index in [2.05, 4.69) is 5.10 Å². The molecule has 22 heavy (non-hydrogen) atoms. The minimum absolute atomic E-state index is 0.0307. The fourth-order valence-corrected chi connectivity index (χ4v) is 1.54. The molecule has 2 aromatic rings. The number of ether oxygens (including phenoxy) is 2. The summed E-state index contributed by atoms with van der Waals surface area (Å²) in [6.07, 6.45) is 2.10. The van der Waals surface area contributed by atoms with Gasteiger partial charge >= 0.3 is 6.09 Å². The smallest absolute Gasteiger partial charge is 0.435 e. The van der Waals surface area contributed by atoms with Crippen LogP contribution in [-0.2, 0) is 4.74 Å². The zero-order valence-corrected chi connectivity index (χ0v) is 12.3. The van der Waals surface area contributed by atoms with Crippen LogP contribution in [0.5, 0.6) is 11.5 Å². The molecule has 0 saturated heterocycles. The number of carbonyl (C=O) groups is 1. The van der Waals surface area contributed by atoms with E-state index in [9.17, 15) is 14.9 Å². The molecule has 1 aromatic heterocycles. The van der Waals surface area contributed by atoms with Crippen LogP contribution in [0.25, 0.3) is 0 Å². The van der Waals surface area contributed by atoms with E-state index in [0.29, 0.717) is 11.5 Å². The minimum Gasteiger partial charge on any atom is -0.454 e. The molecule has 1 aromatic carbocycles. The van der Waals surface area contributed by atoms with Crippen molar-refractivity contribution in [2.75, 3.05) is 0 Å². The highest BCUT2D eigenvalue weighted by Gasteiger charge is 2.18. The molecule has 0 spiro atoms. The van der Waals surface area contributed by atoms with Crippen LogP contribution in [0.2, 0.25) is 0 Å². The molecule has 0 N–H and O–H groups in total. The number of nitro groups is 1. The van der Waals surface area contributed by atoms with Crippen molar-refractivity contribution < 1.29 is 19.2 Å². The quantitative estimate of drug-likeness (QED) is 0.637. The van der Waals surface area contributed by atoms with Gasteiger partial charge in [0.2, 0.25) is 0 Å². The molecule has 0 atom stereocenters. The number of carbonyl (C=O) groups excluding carboxylic acids is 1. The van der Waals surface area contributed by atoms with Crippen LogP contribution in [0.1, 0.15) is 20.8 Å². The van der Waals surface area contributed by atoms with Crippen LogP contribution < -0.4 is 4.74 Å². The summed E-state index contributed by atoms with van der Waals surface area (Å²) in [5.41, 5.74) is -0.653. The summed E-state index contributed by atoms with van der Waals surface area (Å²) in [6.45, 7) is 5.26. The molecule has 2 rings (SSSR count). The van der Waals surface area contributed by atoms with Crippen molar-refractivity contribution in [2.45, 2.75) is 26.4 Å². The predicted molar refractivity (Wildman–Crippen MR) is 77.0 cm³/mol. The lowest BCUT2D eigenvalue weighted by atomic mass is 10.2. The highest BCUT2D eigenvalue weighted by atomic mass is 16.6. The third kappa shape index (κ3) is 4.05. The Kier molecular flexibility index (Phi) is 4.11. The Labute approximate surface area is 126 Å². The van der Waals surface area contributed by atoms with Gasteiger partial charge in [-0.15, -0.1) is 0 Å². The zero-order valence-electron chi connectivity index (χ0n) is 12.3. The number of nitro benzene ring substituents is 1. The van der Waals surface area contributed by atoms with Crippen molar-refractivity contribution >= 4 is 11.8 Å². The number of hydrogen-bond acceptors (Lipinski definition) is 6. The molecule has 0 amide bonds. The van der Waals surface area contributed by atoms with Crippen LogP contribution in [-0.4, -0.2) is 26.4 Å². The van der Waals surface area contributed by atoms with Gasteiger partial charge < -0.3 is 9.47 Å². The summed E-state index contributed by atoms with van der Waals surface area (Å²) < 4.78 is 11.6. The molecule has 1 heterocycles. The third-order valence-electron chi connectivity index (χ3n) is 2.42. The van der Waals surface area contributed by atoms with Gasteiger partial charge in [-0.1, -0.05) is 0 Å². The zero-order chi connectivity index (χ0) is 16.3. The summed E-state index contributed by atoms with van der Waals surface area (Å²) in [6, 6.07) is 5.58. The molecule has 0 fully saturated rings. The standard InChI is InChI=1S/C14H15N3O5/c1-14(2,3)22-13(18)16-9-12(8-15-16)21-11-6-4-10(5-7-11)17(19)20/h4-9H,1-3H3. The number of benzene rings is 1. The van der Waals surface area contributed by atoms with E-state index >= 15 is 0 Å². The Balaban J connectivity index is 2.05. The summed E-state index contributed by atoms with van der Waals surface area (Å²) in [5.74, 6) is 0.717. The number of hydrogen-bond donors (Lipinski definition) is 0. The second-order valence-electron chi connectivity index (χ2n) is 5.45. The van der Waals surface area contributed by atoms with E-state index in [4.69, 9.17) is 9.47 Å². The Hall–Kier alpha value is -2.90. The largest absolute Gasteiger partial charge is 0.454 e. The van der Waals surface area contributed by atoms with Gasteiger partial charge in [0.1, 0.15) is 11.4 Å². The van der Waals surface area contributed by atoms with Crippen molar-refractivity contribution in [3.63, 3.8) is 0 Å². The fourth-order valence-electron chi connectivity index (χ4n) is 1.54. The first-order chi connectivity index (χ1) is 10.2. The molecule has 0 aliphatic rings. The Morgan fingerprint density at radius 2 is 1.86 bits per heavy atom.